The van der Waals surface area contributed by atoms with Gasteiger partial charge in [-0.2, -0.15) is 13.2 Å². The van der Waals surface area contributed by atoms with Crippen molar-refractivity contribution in [3.05, 3.63) is 46.6 Å². The van der Waals surface area contributed by atoms with Crippen molar-refractivity contribution in [2.45, 2.75) is 13.1 Å². The zero-order chi connectivity index (χ0) is 14.2. The smallest absolute Gasteiger partial charge is 0.294 e. The second-order valence-corrected chi connectivity index (χ2v) is 5.00. The van der Waals surface area contributed by atoms with Gasteiger partial charge in [0.05, 0.1) is 10.4 Å². The summed E-state index contributed by atoms with van der Waals surface area (Å²) in [6.45, 7) is 1.38. The summed E-state index contributed by atoms with van der Waals surface area (Å²) in [5, 5.41) is 0. The van der Waals surface area contributed by atoms with Crippen LogP contribution in [-0.4, -0.2) is 5.78 Å². The fraction of sp³-hybridized carbons (Fsp3) is 0.154. The van der Waals surface area contributed by atoms with Crippen LogP contribution >= 0.6 is 11.3 Å². The number of carbonyl (C=O) groups excluding carboxylic acids is 1. The molecule has 0 fully saturated rings. The zero-order valence-corrected chi connectivity index (χ0v) is 10.5. The molecule has 0 N–H and O–H groups in total. The summed E-state index contributed by atoms with van der Waals surface area (Å²) in [7, 11) is 0. The lowest BCUT2D eigenvalue weighted by Gasteiger charge is -2.09. The molecule has 0 bridgehead atoms. The van der Waals surface area contributed by atoms with Crippen molar-refractivity contribution in [3.8, 4) is 10.4 Å². The van der Waals surface area contributed by atoms with Crippen molar-refractivity contribution in [2.75, 3.05) is 0 Å². The van der Waals surface area contributed by atoms with Crippen molar-refractivity contribution in [3.63, 3.8) is 0 Å². The Labute approximate surface area is 110 Å². The number of carbonyl (C=O) groups is 1. The van der Waals surface area contributed by atoms with Crippen molar-refractivity contribution >= 4 is 17.1 Å². The summed E-state index contributed by atoms with van der Waals surface area (Å²) in [6, 6.07) is 5.89. The largest absolute Gasteiger partial charge is 0.419 e. The molecular weight excluding hydrogens is 280 g/mol. The number of halogens is 4. The van der Waals surface area contributed by atoms with Gasteiger partial charge in [-0.3, -0.25) is 4.79 Å². The maximum Gasteiger partial charge on any atom is 0.419 e. The number of hydrogen-bond donors (Lipinski definition) is 0. The number of Topliss-reactive ketones (excluding diaryl/α,β-unsaturated/α-hetero) is 1. The summed E-state index contributed by atoms with van der Waals surface area (Å²) in [5.41, 5.74) is -1.06. The molecule has 0 amide bonds. The Morgan fingerprint density at radius 1 is 1.16 bits per heavy atom. The summed E-state index contributed by atoms with van der Waals surface area (Å²) in [6.07, 6.45) is -4.74. The first kappa shape index (κ1) is 13.7. The van der Waals surface area contributed by atoms with E-state index in [1.54, 1.807) is 12.1 Å². The van der Waals surface area contributed by atoms with Gasteiger partial charge in [0.1, 0.15) is 5.82 Å². The van der Waals surface area contributed by atoms with Gasteiger partial charge >= 0.3 is 6.18 Å². The lowest BCUT2D eigenvalue weighted by molar-refractivity contribution is -0.139. The third-order valence-electron chi connectivity index (χ3n) is 2.51. The van der Waals surface area contributed by atoms with Gasteiger partial charge in [-0.15, -0.1) is 11.3 Å². The Morgan fingerprint density at radius 3 is 2.37 bits per heavy atom. The predicted molar refractivity (Wildman–Crippen MR) is 64.7 cm³/mol. The minimum absolute atomic E-state index is 0.158. The second-order valence-electron chi connectivity index (χ2n) is 3.91. The van der Waals surface area contributed by atoms with E-state index >= 15 is 0 Å². The molecule has 100 valence electrons. The Kier molecular flexibility index (Phi) is 3.45. The van der Waals surface area contributed by atoms with E-state index in [0.717, 1.165) is 23.5 Å². The van der Waals surface area contributed by atoms with Gasteiger partial charge in [0, 0.05) is 4.88 Å². The minimum Gasteiger partial charge on any atom is -0.294 e. The summed E-state index contributed by atoms with van der Waals surface area (Å²) < 4.78 is 50.9. The van der Waals surface area contributed by atoms with Crippen LogP contribution in [0.5, 0.6) is 0 Å². The molecule has 0 radical (unpaired) electrons. The first-order chi connectivity index (χ1) is 8.79. The van der Waals surface area contributed by atoms with Gasteiger partial charge < -0.3 is 0 Å². The van der Waals surface area contributed by atoms with Gasteiger partial charge in [-0.1, -0.05) is 6.07 Å². The topological polar surface area (TPSA) is 17.1 Å². The highest BCUT2D eigenvalue weighted by atomic mass is 32.1. The number of benzene rings is 1. The fourth-order valence-corrected chi connectivity index (χ4v) is 2.48. The van der Waals surface area contributed by atoms with Crippen molar-refractivity contribution in [2.24, 2.45) is 0 Å². The standard InChI is InChI=1S/C13H8F4OS/c1-7(18)11-4-5-12(19-11)8-2-3-10(14)9(6-8)13(15,16)17/h2-6H,1H3. The Bertz CT molecular complexity index is 628. The van der Waals surface area contributed by atoms with Gasteiger partial charge in [-0.05, 0) is 36.8 Å². The van der Waals surface area contributed by atoms with Crippen LogP contribution in [0, 0.1) is 5.82 Å². The van der Waals surface area contributed by atoms with E-state index in [1.807, 2.05) is 0 Å². The highest BCUT2D eigenvalue weighted by Gasteiger charge is 2.34. The Morgan fingerprint density at radius 2 is 1.84 bits per heavy atom. The van der Waals surface area contributed by atoms with Gasteiger partial charge in [-0.25, -0.2) is 4.39 Å². The molecule has 0 saturated carbocycles. The van der Waals surface area contributed by atoms with Crippen molar-refractivity contribution in [1.29, 1.82) is 0 Å². The molecule has 0 aliphatic carbocycles. The van der Waals surface area contributed by atoms with Crippen LogP contribution in [0.15, 0.2) is 30.3 Å². The molecule has 0 spiro atoms. The van der Waals surface area contributed by atoms with E-state index in [4.69, 9.17) is 0 Å². The van der Waals surface area contributed by atoms with Crippen LogP contribution in [-0.2, 0) is 6.18 Å². The number of thiophene rings is 1. The molecule has 6 heteroatoms. The number of rotatable bonds is 2. The number of ketones is 1. The second kappa shape index (κ2) is 4.77. The number of hydrogen-bond acceptors (Lipinski definition) is 2. The molecule has 1 heterocycles. The first-order valence-corrected chi connectivity index (χ1v) is 6.08. The van der Waals surface area contributed by atoms with Gasteiger partial charge in [0.15, 0.2) is 5.78 Å². The molecule has 2 rings (SSSR count). The summed E-state index contributed by atoms with van der Waals surface area (Å²) in [4.78, 5) is 12.1. The van der Waals surface area contributed by atoms with Gasteiger partial charge in [0.25, 0.3) is 0 Å². The first-order valence-electron chi connectivity index (χ1n) is 5.27. The van der Waals surface area contributed by atoms with Crippen LogP contribution in [0.2, 0.25) is 0 Å². The molecule has 0 atom stereocenters. The average molecular weight is 288 g/mol. The molecular formula is C13H8F4OS. The van der Waals surface area contributed by atoms with E-state index in [0.29, 0.717) is 9.75 Å². The maximum absolute atomic E-state index is 13.1. The molecule has 0 aliphatic rings. The maximum atomic E-state index is 13.1. The predicted octanol–water partition coefficient (Wildman–Crippen LogP) is 4.78. The Balaban J connectivity index is 2.48. The molecule has 1 aromatic heterocycles. The van der Waals surface area contributed by atoms with Crippen LogP contribution < -0.4 is 0 Å². The Hall–Kier alpha value is -1.69. The summed E-state index contributed by atoms with van der Waals surface area (Å²) in [5.74, 6) is -1.46. The molecule has 1 aromatic carbocycles. The summed E-state index contributed by atoms with van der Waals surface area (Å²) >= 11 is 1.08. The van der Waals surface area contributed by atoms with Crippen LogP contribution in [0.4, 0.5) is 17.6 Å². The van der Waals surface area contributed by atoms with Crippen molar-refractivity contribution in [1.82, 2.24) is 0 Å². The quantitative estimate of drug-likeness (QED) is 0.574. The average Bonchev–Trinajstić information content (AvgIpc) is 2.77. The fourth-order valence-electron chi connectivity index (χ4n) is 1.58. The highest BCUT2D eigenvalue weighted by Crippen LogP contribution is 2.36. The van der Waals surface area contributed by atoms with E-state index in [1.165, 1.54) is 13.0 Å². The van der Waals surface area contributed by atoms with E-state index in [9.17, 15) is 22.4 Å². The molecule has 0 aliphatic heterocycles. The molecule has 0 saturated heterocycles. The molecule has 1 nitrogen and oxygen atoms in total. The minimum atomic E-state index is -4.74. The third kappa shape index (κ3) is 2.84. The van der Waals surface area contributed by atoms with Crippen LogP contribution in [0.25, 0.3) is 10.4 Å². The zero-order valence-electron chi connectivity index (χ0n) is 9.72. The van der Waals surface area contributed by atoms with Gasteiger partial charge in [0.2, 0.25) is 0 Å². The van der Waals surface area contributed by atoms with E-state index in [-0.39, 0.29) is 11.3 Å². The van der Waals surface area contributed by atoms with E-state index in [2.05, 4.69) is 0 Å². The lowest BCUT2D eigenvalue weighted by Crippen LogP contribution is -2.07. The third-order valence-corrected chi connectivity index (χ3v) is 3.74. The van der Waals surface area contributed by atoms with Crippen molar-refractivity contribution < 1.29 is 22.4 Å². The SMILES string of the molecule is CC(=O)c1ccc(-c2ccc(F)c(C(F)(F)F)c2)s1. The monoisotopic (exact) mass is 288 g/mol. The lowest BCUT2D eigenvalue weighted by atomic mass is 10.1. The molecule has 0 unspecified atom stereocenters. The van der Waals surface area contributed by atoms with Crippen LogP contribution in [0.3, 0.4) is 0 Å². The van der Waals surface area contributed by atoms with E-state index < -0.39 is 17.6 Å². The highest BCUT2D eigenvalue weighted by molar-refractivity contribution is 7.17. The van der Waals surface area contributed by atoms with Crippen LogP contribution in [0.1, 0.15) is 22.2 Å². The molecule has 2 aromatic rings. The number of alkyl halides is 3. The molecule has 19 heavy (non-hydrogen) atoms. The normalized spacial score (nSPS) is 11.6.